The summed E-state index contributed by atoms with van der Waals surface area (Å²) in [6.45, 7) is 3.27. The van der Waals surface area contributed by atoms with Crippen molar-refractivity contribution in [1.82, 2.24) is 5.32 Å². The summed E-state index contributed by atoms with van der Waals surface area (Å²) in [6, 6.07) is 0. The zero-order chi connectivity index (χ0) is 9.94. The quantitative estimate of drug-likeness (QED) is 0.399. The molecule has 3 heteroatoms. The van der Waals surface area contributed by atoms with Crippen LogP contribution in [0.1, 0.15) is 32.6 Å². The van der Waals surface area contributed by atoms with Crippen LogP contribution < -0.4 is 5.32 Å². The SMILES string of the molecule is CCCCC/C=C(\O)CNCCO. The molecule has 0 aromatic carbocycles. The summed E-state index contributed by atoms with van der Waals surface area (Å²) >= 11 is 0. The fourth-order valence-corrected chi connectivity index (χ4v) is 1.03. The predicted octanol–water partition coefficient (Wildman–Crippen LogP) is 1.59. The number of aliphatic hydroxyl groups excluding tert-OH is 2. The molecule has 0 atom stereocenters. The second-order valence-electron chi connectivity index (χ2n) is 3.09. The maximum absolute atomic E-state index is 9.29. The average Bonchev–Trinajstić information content (AvgIpc) is 2.13. The van der Waals surface area contributed by atoms with Crippen LogP contribution in [0, 0.1) is 0 Å². The van der Waals surface area contributed by atoms with E-state index in [9.17, 15) is 5.11 Å². The van der Waals surface area contributed by atoms with Crippen LogP contribution in [0.5, 0.6) is 0 Å². The standard InChI is InChI=1S/C10H21NO2/c1-2-3-4-5-6-10(13)9-11-7-8-12/h6,11-13H,2-5,7-9H2,1H3/b10-6-. The monoisotopic (exact) mass is 187 g/mol. The minimum atomic E-state index is 0.114. The van der Waals surface area contributed by atoms with E-state index in [-0.39, 0.29) is 6.61 Å². The van der Waals surface area contributed by atoms with Crippen molar-refractivity contribution in [1.29, 1.82) is 0 Å². The van der Waals surface area contributed by atoms with Crippen LogP contribution >= 0.6 is 0 Å². The smallest absolute Gasteiger partial charge is 0.102 e. The van der Waals surface area contributed by atoms with Crippen LogP contribution in [0.4, 0.5) is 0 Å². The fourth-order valence-electron chi connectivity index (χ4n) is 1.03. The number of hydrogen-bond donors (Lipinski definition) is 3. The number of hydrogen-bond acceptors (Lipinski definition) is 3. The molecule has 0 amide bonds. The lowest BCUT2D eigenvalue weighted by molar-refractivity contribution is 0.289. The molecule has 13 heavy (non-hydrogen) atoms. The van der Waals surface area contributed by atoms with E-state index in [1.807, 2.05) is 6.08 Å². The Labute approximate surface area is 80.5 Å². The van der Waals surface area contributed by atoms with E-state index in [1.165, 1.54) is 12.8 Å². The molecular formula is C10H21NO2. The summed E-state index contributed by atoms with van der Waals surface area (Å²) in [5, 5.41) is 20.7. The maximum atomic E-state index is 9.29. The van der Waals surface area contributed by atoms with E-state index in [1.54, 1.807) is 0 Å². The van der Waals surface area contributed by atoms with Crippen molar-refractivity contribution in [2.45, 2.75) is 32.6 Å². The van der Waals surface area contributed by atoms with Crippen LogP contribution in [0.2, 0.25) is 0 Å². The van der Waals surface area contributed by atoms with Crippen LogP contribution in [-0.4, -0.2) is 29.9 Å². The molecule has 0 heterocycles. The fraction of sp³-hybridized carbons (Fsp3) is 0.800. The molecule has 0 rings (SSSR count). The van der Waals surface area contributed by atoms with Gasteiger partial charge in [0.25, 0.3) is 0 Å². The molecule has 0 spiro atoms. The molecule has 78 valence electrons. The molecule has 0 fully saturated rings. The lowest BCUT2D eigenvalue weighted by Crippen LogP contribution is -2.20. The zero-order valence-corrected chi connectivity index (χ0v) is 8.42. The summed E-state index contributed by atoms with van der Waals surface area (Å²) in [5.74, 6) is 0.379. The summed E-state index contributed by atoms with van der Waals surface area (Å²) in [5.41, 5.74) is 0. The Kier molecular flexibility index (Phi) is 9.15. The van der Waals surface area contributed by atoms with Gasteiger partial charge in [-0.2, -0.15) is 0 Å². The molecule has 0 aliphatic heterocycles. The average molecular weight is 187 g/mol. The first kappa shape index (κ1) is 12.5. The normalized spacial score (nSPS) is 12.0. The van der Waals surface area contributed by atoms with E-state index < -0.39 is 0 Å². The van der Waals surface area contributed by atoms with Crippen LogP contribution in [-0.2, 0) is 0 Å². The number of allylic oxidation sites excluding steroid dienone is 1. The molecule has 0 saturated carbocycles. The van der Waals surface area contributed by atoms with Gasteiger partial charge < -0.3 is 15.5 Å². The second-order valence-corrected chi connectivity index (χ2v) is 3.09. The Morgan fingerprint density at radius 1 is 1.38 bits per heavy atom. The minimum absolute atomic E-state index is 0.114. The van der Waals surface area contributed by atoms with Crippen molar-refractivity contribution in [3.63, 3.8) is 0 Å². The molecule has 0 aromatic rings. The highest BCUT2D eigenvalue weighted by molar-refractivity contribution is 4.92. The molecule has 0 aromatic heterocycles. The first-order valence-corrected chi connectivity index (χ1v) is 5.00. The van der Waals surface area contributed by atoms with Gasteiger partial charge in [0.1, 0.15) is 5.76 Å². The van der Waals surface area contributed by atoms with Crippen molar-refractivity contribution in [3.8, 4) is 0 Å². The molecule has 3 nitrogen and oxygen atoms in total. The van der Waals surface area contributed by atoms with Crippen molar-refractivity contribution in [3.05, 3.63) is 11.8 Å². The summed E-state index contributed by atoms with van der Waals surface area (Å²) in [4.78, 5) is 0. The molecule has 3 N–H and O–H groups in total. The molecule has 0 radical (unpaired) electrons. The van der Waals surface area contributed by atoms with Gasteiger partial charge in [0.2, 0.25) is 0 Å². The maximum Gasteiger partial charge on any atom is 0.102 e. The third kappa shape index (κ3) is 9.37. The van der Waals surface area contributed by atoms with E-state index in [0.29, 0.717) is 18.8 Å². The van der Waals surface area contributed by atoms with Crippen LogP contribution in [0.15, 0.2) is 11.8 Å². The van der Waals surface area contributed by atoms with Crippen LogP contribution in [0.3, 0.4) is 0 Å². The van der Waals surface area contributed by atoms with E-state index >= 15 is 0 Å². The zero-order valence-electron chi connectivity index (χ0n) is 8.42. The molecule has 0 saturated heterocycles. The van der Waals surface area contributed by atoms with Gasteiger partial charge in [0.15, 0.2) is 0 Å². The highest BCUT2D eigenvalue weighted by Gasteiger charge is 1.91. The minimum Gasteiger partial charge on any atom is -0.511 e. The van der Waals surface area contributed by atoms with Crippen molar-refractivity contribution < 1.29 is 10.2 Å². The van der Waals surface area contributed by atoms with Gasteiger partial charge in [-0.05, 0) is 18.9 Å². The van der Waals surface area contributed by atoms with Gasteiger partial charge in [0.05, 0.1) is 13.2 Å². The first-order chi connectivity index (χ1) is 6.31. The lowest BCUT2D eigenvalue weighted by Gasteiger charge is -2.01. The molecule has 0 aliphatic rings. The number of nitrogens with one attached hydrogen (secondary N) is 1. The van der Waals surface area contributed by atoms with E-state index in [0.717, 1.165) is 12.8 Å². The molecular weight excluding hydrogens is 166 g/mol. The highest BCUT2D eigenvalue weighted by Crippen LogP contribution is 2.01. The summed E-state index contributed by atoms with van der Waals surface area (Å²) in [7, 11) is 0. The second kappa shape index (κ2) is 9.55. The largest absolute Gasteiger partial charge is 0.511 e. The molecule has 0 unspecified atom stereocenters. The first-order valence-electron chi connectivity index (χ1n) is 5.00. The number of unbranched alkanes of at least 4 members (excludes halogenated alkanes) is 3. The van der Waals surface area contributed by atoms with Crippen LogP contribution in [0.25, 0.3) is 0 Å². The topological polar surface area (TPSA) is 52.5 Å². The summed E-state index contributed by atoms with van der Waals surface area (Å²) < 4.78 is 0. The Morgan fingerprint density at radius 3 is 2.77 bits per heavy atom. The van der Waals surface area contributed by atoms with Gasteiger partial charge in [-0.3, -0.25) is 0 Å². The summed E-state index contributed by atoms with van der Waals surface area (Å²) in [6.07, 6.45) is 6.35. The van der Waals surface area contributed by atoms with Crippen molar-refractivity contribution >= 4 is 0 Å². The molecule has 0 bridgehead atoms. The van der Waals surface area contributed by atoms with E-state index in [2.05, 4.69) is 12.2 Å². The van der Waals surface area contributed by atoms with Crippen molar-refractivity contribution in [2.24, 2.45) is 0 Å². The molecule has 0 aliphatic carbocycles. The van der Waals surface area contributed by atoms with Gasteiger partial charge in [-0.25, -0.2) is 0 Å². The number of rotatable bonds is 8. The number of aliphatic hydroxyl groups is 2. The third-order valence-corrected chi connectivity index (χ3v) is 1.78. The lowest BCUT2D eigenvalue weighted by atomic mass is 10.2. The Morgan fingerprint density at radius 2 is 2.15 bits per heavy atom. The van der Waals surface area contributed by atoms with E-state index in [4.69, 9.17) is 5.11 Å². The van der Waals surface area contributed by atoms with Gasteiger partial charge in [0, 0.05) is 6.54 Å². The predicted molar refractivity (Wildman–Crippen MR) is 54.8 cm³/mol. The Hall–Kier alpha value is -0.540. The highest BCUT2D eigenvalue weighted by atomic mass is 16.3. The van der Waals surface area contributed by atoms with Crippen molar-refractivity contribution in [2.75, 3.05) is 19.7 Å². The Bertz CT molecular complexity index is 135. The van der Waals surface area contributed by atoms with Gasteiger partial charge >= 0.3 is 0 Å². The van der Waals surface area contributed by atoms with Gasteiger partial charge in [-0.15, -0.1) is 0 Å². The van der Waals surface area contributed by atoms with Gasteiger partial charge in [-0.1, -0.05) is 19.8 Å². The third-order valence-electron chi connectivity index (χ3n) is 1.78. The Balaban J connectivity index is 3.29.